The zero-order valence-corrected chi connectivity index (χ0v) is 10.0. The van der Waals surface area contributed by atoms with Crippen LogP contribution in [0, 0.1) is 6.92 Å². The van der Waals surface area contributed by atoms with E-state index < -0.39 is 0 Å². The first kappa shape index (κ1) is 11.0. The highest BCUT2D eigenvalue weighted by molar-refractivity contribution is 5.57. The second kappa shape index (κ2) is 4.54. The molecule has 0 atom stereocenters. The zero-order chi connectivity index (χ0) is 11.5. The molecule has 0 bridgehead atoms. The minimum Gasteiger partial charge on any atom is -0.461 e. The van der Waals surface area contributed by atoms with Gasteiger partial charge >= 0.3 is 0 Å². The van der Waals surface area contributed by atoms with Gasteiger partial charge in [0.1, 0.15) is 11.5 Å². The maximum absolute atomic E-state index is 5.58. The van der Waals surface area contributed by atoms with E-state index in [9.17, 15) is 0 Å². The van der Waals surface area contributed by atoms with Gasteiger partial charge < -0.3 is 9.32 Å². The molecule has 0 unspecified atom stereocenters. The van der Waals surface area contributed by atoms with E-state index in [0.717, 1.165) is 23.6 Å². The van der Waals surface area contributed by atoms with Gasteiger partial charge in [-0.1, -0.05) is 24.3 Å². The summed E-state index contributed by atoms with van der Waals surface area (Å²) in [6.07, 6.45) is 0. The van der Waals surface area contributed by atoms with E-state index in [4.69, 9.17) is 4.42 Å². The second-order valence-corrected chi connectivity index (χ2v) is 4.35. The number of aryl methyl sites for hydroxylation is 1. The molecule has 84 valence electrons. The third kappa shape index (κ3) is 2.52. The van der Waals surface area contributed by atoms with Gasteiger partial charge in [-0.2, -0.15) is 0 Å². The van der Waals surface area contributed by atoms with Gasteiger partial charge in [0, 0.05) is 12.1 Å². The van der Waals surface area contributed by atoms with Crippen LogP contribution >= 0.6 is 0 Å². The molecule has 2 nitrogen and oxygen atoms in total. The minimum absolute atomic E-state index is 0.939. The minimum atomic E-state index is 0.939. The lowest BCUT2D eigenvalue weighted by Gasteiger charge is -2.09. The highest BCUT2D eigenvalue weighted by Crippen LogP contribution is 2.22. The normalized spacial score (nSPS) is 11.0. The Morgan fingerprint density at radius 3 is 2.19 bits per heavy atom. The van der Waals surface area contributed by atoms with Crippen molar-refractivity contribution in [2.45, 2.75) is 13.5 Å². The van der Waals surface area contributed by atoms with Crippen molar-refractivity contribution in [3.05, 3.63) is 47.7 Å². The monoisotopic (exact) mass is 215 g/mol. The van der Waals surface area contributed by atoms with Crippen LogP contribution in [0.15, 0.2) is 40.8 Å². The van der Waals surface area contributed by atoms with Gasteiger partial charge in [-0.25, -0.2) is 0 Å². The predicted molar refractivity (Wildman–Crippen MR) is 66.3 cm³/mol. The molecule has 0 fully saturated rings. The zero-order valence-electron chi connectivity index (χ0n) is 10.0. The lowest BCUT2D eigenvalue weighted by Crippen LogP contribution is -2.10. The van der Waals surface area contributed by atoms with Crippen molar-refractivity contribution in [2.75, 3.05) is 14.1 Å². The average molecular weight is 215 g/mol. The lowest BCUT2D eigenvalue weighted by atomic mass is 10.1. The number of rotatable bonds is 3. The molecule has 0 radical (unpaired) electrons. The Labute approximate surface area is 96.5 Å². The number of furan rings is 1. The molecule has 0 saturated heterocycles. The first-order chi connectivity index (χ1) is 7.65. The highest BCUT2D eigenvalue weighted by Gasteiger charge is 2.02. The largest absolute Gasteiger partial charge is 0.461 e. The SMILES string of the molecule is Cc1ccc(-c2ccc(CN(C)C)cc2)o1. The van der Waals surface area contributed by atoms with Gasteiger partial charge in [0.05, 0.1) is 0 Å². The summed E-state index contributed by atoms with van der Waals surface area (Å²) < 4.78 is 5.58. The van der Waals surface area contributed by atoms with Crippen LogP contribution in [0.4, 0.5) is 0 Å². The van der Waals surface area contributed by atoms with Crippen LogP contribution in [-0.4, -0.2) is 19.0 Å². The Kier molecular flexibility index (Phi) is 3.11. The summed E-state index contributed by atoms with van der Waals surface area (Å²) in [5.41, 5.74) is 2.45. The predicted octanol–water partition coefficient (Wildman–Crippen LogP) is 3.32. The van der Waals surface area contributed by atoms with E-state index in [1.807, 2.05) is 19.1 Å². The standard InChI is InChI=1S/C14H17NO/c1-11-4-9-14(16-11)13-7-5-12(6-8-13)10-15(2)3/h4-9H,10H2,1-3H3. The lowest BCUT2D eigenvalue weighted by molar-refractivity contribution is 0.402. The van der Waals surface area contributed by atoms with Crippen molar-refractivity contribution in [1.29, 1.82) is 0 Å². The molecule has 2 rings (SSSR count). The molecule has 0 spiro atoms. The molecule has 1 aromatic carbocycles. The first-order valence-electron chi connectivity index (χ1n) is 5.45. The third-order valence-corrected chi connectivity index (χ3v) is 2.48. The number of hydrogen-bond acceptors (Lipinski definition) is 2. The Morgan fingerprint density at radius 1 is 1.00 bits per heavy atom. The molecule has 1 aromatic heterocycles. The van der Waals surface area contributed by atoms with Crippen molar-refractivity contribution < 1.29 is 4.42 Å². The molecule has 0 amide bonds. The first-order valence-corrected chi connectivity index (χ1v) is 5.45. The van der Waals surface area contributed by atoms with E-state index >= 15 is 0 Å². The number of nitrogens with zero attached hydrogens (tertiary/aromatic N) is 1. The van der Waals surface area contributed by atoms with Crippen LogP contribution in [0.3, 0.4) is 0 Å². The molecule has 2 heteroatoms. The van der Waals surface area contributed by atoms with Crippen LogP contribution in [0.2, 0.25) is 0 Å². The van der Waals surface area contributed by atoms with Crippen molar-refractivity contribution in [1.82, 2.24) is 4.90 Å². The second-order valence-electron chi connectivity index (χ2n) is 4.35. The van der Waals surface area contributed by atoms with Crippen LogP contribution < -0.4 is 0 Å². The summed E-state index contributed by atoms with van der Waals surface area (Å²) in [6, 6.07) is 12.5. The summed E-state index contributed by atoms with van der Waals surface area (Å²) in [5, 5.41) is 0. The van der Waals surface area contributed by atoms with Crippen molar-refractivity contribution in [3.8, 4) is 11.3 Å². The molecule has 0 aliphatic heterocycles. The van der Waals surface area contributed by atoms with Crippen molar-refractivity contribution in [2.24, 2.45) is 0 Å². The Hall–Kier alpha value is -1.54. The smallest absolute Gasteiger partial charge is 0.134 e. The number of benzene rings is 1. The van der Waals surface area contributed by atoms with E-state index in [1.165, 1.54) is 5.56 Å². The summed E-state index contributed by atoms with van der Waals surface area (Å²) in [7, 11) is 4.15. The maximum Gasteiger partial charge on any atom is 0.134 e. The molecule has 0 saturated carbocycles. The summed E-state index contributed by atoms with van der Waals surface area (Å²) in [5.74, 6) is 1.89. The van der Waals surface area contributed by atoms with E-state index in [2.05, 4.69) is 43.3 Å². The summed E-state index contributed by atoms with van der Waals surface area (Å²) in [6.45, 7) is 2.93. The van der Waals surface area contributed by atoms with Crippen molar-refractivity contribution >= 4 is 0 Å². The fourth-order valence-electron chi connectivity index (χ4n) is 1.73. The van der Waals surface area contributed by atoms with Gasteiger partial charge in [0.25, 0.3) is 0 Å². The van der Waals surface area contributed by atoms with Crippen LogP contribution in [0.5, 0.6) is 0 Å². The van der Waals surface area contributed by atoms with Gasteiger partial charge in [-0.3, -0.25) is 0 Å². The molecule has 2 aromatic rings. The molecular formula is C14H17NO. The topological polar surface area (TPSA) is 16.4 Å². The van der Waals surface area contributed by atoms with Crippen LogP contribution in [-0.2, 0) is 6.54 Å². The quantitative estimate of drug-likeness (QED) is 0.781. The van der Waals surface area contributed by atoms with Gasteiger partial charge in [-0.15, -0.1) is 0 Å². The van der Waals surface area contributed by atoms with E-state index in [0.29, 0.717) is 0 Å². The average Bonchev–Trinajstić information content (AvgIpc) is 2.65. The Bertz CT molecular complexity index is 454. The summed E-state index contributed by atoms with van der Waals surface area (Å²) >= 11 is 0. The number of hydrogen-bond donors (Lipinski definition) is 0. The molecule has 0 aliphatic carbocycles. The summed E-state index contributed by atoms with van der Waals surface area (Å²) in [4.78, 5) is 2.16. The fraction of sp³-hybridized carbons (Fsp3) is 0.286. The third-order valence-electron chi connectivity index (χ3n) is 2.48. The highest BCUT2D eigenvalue weighted by atomic mass is 16.3. The van der Waals surface area contributed by atoms with Gasteiger partial charge in [0.2, 0.25) is 0 Å². The maximum atomic E-state index is 5.58. The molecule has 0 N–H and O–H groups in total. The van der Waals surface area contributed by atoms with E-state index in [1.54, 1.807) is 0 Å². The fourth-order valence-corrected chi connectivity index (χ4v) is 1.73. The molecule has 1 heterocycles. The Balaban J connectivity index is 2.19. The molecular weight excluding hydrogens is 198 g/mol. The van der Waals surface area contributed by atoms with Gasteiger partial charge in [-0.05, 0) is 38.7 Å². The molecule has 0 aliphatic rings. The van der Waals surface area contributed by atoms with E-state index in [-0.39, 0.29) is 0 Å². The van der Waals surface area contributed by atoms with Crippen molar-refractivity contribution in [3.63, 3.8) is 0 Å². The molecule has 16 heavy (non-hydrogen) atoms. The van der Waals surface area contributed by atoms with Crippen LogP contribution in [0.1, 0.15) is 11.3 Å². The Morgan fingerprint density at radius 2 is 1.69 bits per heavy atom. The van der Waals surface area contributed by atoms with Crippen LogP contribution in [0.25, 0.3) is 11.3 Å². The van der Waals surface area contributed by atoms with Gasteiger partial charge in [0.15, 0.2) is 0 Å².